The van der Waals surface area contributed by atoms with Gasteiger partial charge in [0, 0.05) is 15.3 Å². The molecule has 2 aromatic rings. The molecule has 2 nitrogen and oxygen atoms in total. The molecule has 0 aliphatic heterocycles. The van der Waals surface area contributed by atoms with Crippen LogP contribution in [0.3, 0.4) is 0 Å². The van der Waals surface area contributed by atoms with Crippen molar-refractivity contribution in [3.63, 3.8) is 0 Å². The normalized spacial score (nSPS) is 10.1. The minimum atomic E-state index is 0.656. The van der Waals surface area contributed by atoms with Crippen molar-refractivity contribution in [2.75, 3.05) is 0 Å². The molecular weight excluding hydrogens is 355 g/mol. The second kappa shape index (κ2) is 6.24. The van der Waals surface area contributed by atoms with E-state index in [4.69, 9.17) is 12.2 Å². The standard InChI is InChI=1S/C14H13IN2S/c1-10-5-4-7-12(13(10)15)14(18)17-9-11-6-2-3-8-16-11/h2-8H,9H2,1H3,(H,17,18). The molecule has 0 saturated heterocycles. The topological polar surface area (TPSA) is 24.9 Å². The van der Waals surface area contributed by atoms with Crippen LogP contribution < -0.4 is 5.32 Å². The van der Waals surface area contributed by atoms with Crippen LogP contribution in [0.1, 0.15) is 16.8 Å². The second-order valence-corrected chi connectivity index (χ2v) is 5.43. The van der Waals surface area contributed by atoms with E-state index < -0.39 is 0 Å². The molecule has 0 amide bonds. The van der Waals surface area contributed by atoms with Crippen molar-refractivity contribution in [1.82, 2.24) is 10.3 Å². The molecule has 1 aromatic heterocycles. The molecule has 0 spiro atoms. The summed E-state index contributed by atoms with van der Waals surface area (Å²) in [6, 6.07) is 12.0. The Morgan fingerprint density at radius 2 is 2.11 bits per heavy atom. The van der Waals surface area contributed by atoms with Gasteiger partial charge in [-0.1, -0.05) is 36.5 Å². The van der Waals surface area contributed by atoms with E-state index in [-0.39, 0.29) is 0 Å². The van der Waals surface area contributed by atoms with Crippen molar-refractivity contribution in [2.24, 2.45) is 0 Å². The highest BCUT2D eigenvalue weighted by atomic mass is 127. The smallest absolute Gasteiger partial charge is 0.107 e. The van der Waals surface area contributed by atoms with Crippen molar-refractivity contribution < 1.29 is 0 Å². The zero-order chi connectivity index (χ0) is 13.0. The van der Waals surface area contributed by atoms with Crippen molar-refractivity contribution in [2.45, 2.75) is 13.5 Å². The zero-order valence-electron chi connectivity index (χ0n) is 9.98. The number of nitrogens with zero attached hydrogens (tertiary/aromatic N) is 1. The Morgan fingerprint density at radius 3 is 2.83 bits per heavy atom. The number of rotatable bonds is 3. The van der Waals surface area contributed by atoms with Crippen LogP contribution >= 0.6 is 34.8 Å². The quantitative estimate of drug-likeness (QED) is 0.664. The lowest BCUT2D eigenvalue weighted by Gasteiger charge is -2.10. The number of aromatic nitrogens is 1. The minimum absolute atomic E-state index is 0.656. The van der Waals surface area contributed by atoms with E-state index in [0.29, 0.717) is 6.54 Å². The fourth-order valence-electron chi connectivity index (χ4n) is 1.59. The van der Waals surface area contributed by atoms with E-state index >= 15 is 0 Å². The van der Waals surface area contributed by atoms with Gasteiger partial charge < -0.3 is 5.32 Å². The number of thiocarbonyl (C=S) groups is 1. The highest BCUT2D eigenvalue weighted by molar-refractivity contribution is 14.1. The van der Waals surface area contributed by atoms with Gasteiger partial charge in [-0.15, -0.1) is 0 Å². The Labute approximate surface area is 126 Å². The molecule has 0 saturated carbocycles. The number of halogens is 1. The van der Waals surface area contributed by atoms with Crippen LogP contribution in [0.2, 0.25) is 0 Å². The van der Waals surface area contributed by atoms with Crippen LogP contribution in [-0.2, 0) is 6.54 Å². The molecule has 0 radical (unpaired) electrons. The summed E-state index contributed by atoms with van der Waals surface area (Å²) in [5.74, 6) is 0. The highest BCUT2D eigenvalue weighted by Gasteiger charge is 2.07. The number of nitrogens with one attached hydrogen (secondary N) is 1. The van der Waals surface area contributed by atoms with Crippen molar-refractivity contribution >= 4 is 39.8 Å². The maximum Gasteiger partial charge on any atom is 0.107 e. The van der Waals surface area contributed by atoms with Gasteiger partial charge in [-0.05, 0) is 47.2 Å². The lowest BCUT2D eigenvalue weighted by Crippen LogP contribution is -2.23. The van der Waals surface area contributed by atoms with Crippen LogP contribution in [-0.4, -0.2) is 9.97 Å². The number of pyridine rings is 1. The zero-order valence-corrected chi connectivity index (χ0v) is 13.0. The third-order valence-corrected chi connectivity index (χ3v) is 4.39. The summed E-state index contributed by atoms with van der Waals surface area (Å²) in [5.41, 5.74) is 3.32. The summed E-state index contributed by atoms with van der Waals surface area (Å²) in [6.45, 7) is 2.75. The van der Waals surface area contributed by atoms with Gasteiger partial charge in [0.25, 0.3) is 0 Å². The molecule has 1 N–H and O–H groups in total. The molecule has 0 bridgehead atoms. The van der Waals surface area contributed by atoms with E-state index in [1.54, 1.807) is 6.20 Å². The average molecular weight is 368 g/mol. The number of benzene rings is 1. The first-order valence-corrected chi connectivity index (χ1v) is 7.10. The molecule has 1 aromatic carbocycles. The maximum absolute atomic E-state index is 5.42. The van der Waals surface area contributed by atoms with Gasteiger partial charge in [0.1, 0.15) is 4.99 Å². The lowest BCUT2D eigenvalue weighted by molar-refractivity contribution is 0.884. The van der Waals surface area contributed by atoms with Crippen molar-refractivity contribution in [3.05, 3.63) is 63.0 Å². The maximum atomic E-state index is 5.42. The first-order chi connectivity index (χ1) is 8.68. The Morgan fingerprint density at radius 1 is 1.28 bits per heavy atom. The van der Waals surface area contributed by atoms with E-state index in [2.05, 4.69) is 45.9 Å². The van der Waals surface area contributed by atoms with E-state index in [9.17, 15) is 0 Å². The first kappa shape index (κ1) is 13.4. The molecule has 0 atom stereocenters. The summed E-state index contributed by atoms with van der Waals surface area (Å²) < 4.78 is 1.20. The van der Waals surface area contributed by atoms with Crippen LogP contribution in [0.5, 0.6) is 0 Å². The van der Waals surface area contributed by atoms with E-state index in [0.717, 1.165) is 16.2 Å². The number of hydrogen-bond acceptors (Lipinski definition) is 2. The Kier molecular flexibility index (Phi) is 4.66. The van der Waals surface area contributed by atoms with Gasteiger partial charge in [-0.2, -0.15) is 0 Å². The molecular formula is C14H13IN2S. The van der Waals surface area contributed by atoms with Crippen LogP contribution in [0.4, 0.5) is 0 Å². The summed E-state index contributed by atoms with van der Waals surface area (Å²) >= 11 is 7.75. The van der Waals surface area contributed by atoms with Gasteiger partial charge in [-0.25, -0.2) is 0 Å². The first-order valence-electron chi connectivity index (χ1n) is 5.61. The average Bonchev–Trinajstić information content (AvgIpc) is 2.40. The largest absolute Gasteiger partial charge is 0.370 e. The van der Waals surface area contributed by atoms with Crippen molar-refractivity contribution in [1.29, 1.82) is 0 Å². The molecule has 4 heteroatoms. The third kappa shape index (κ3) is 3.26. The minimum Gasteiger partial charge on any atom is -0.370 e. The van der Waals surface area contributed by atoms with Gasteiger partial charge in [-0.3, -0.25) is 4.98 Å². The number of hydrogen-bond donors (Lipinski definition) is 1. The monoisotopic (exact) mass is 368 g/mol. The Balaban J connectivity index is 2.07. The Bertz CT molecular complexity index is 555. The lowest BCUT2D eigenvalue weighted by atomic mass is 10.1. The molecule has 92 valence electrons. The van der Waals surface area contributed by atoms with Crippen LogP contribution in [0.25, 0.3) is 0 Å². The van der Waals surface area contributed by atoms with E-state index in [1.165, 1.54) is 9.13 Å². The second-order valence-electron chi connectivity index (χ2n) is 3.94. The van der Waals surface area contributed by atoms with Crippen LogP contribution in [0.15, 0.2) is 42.6 Å². The summed E-state index contributed by atoms with van der Waals surface area (Å²) in [6.07, 6.45) is 1.79. The molecule has 0 aliphatic rings. The summed E-state index contributed by atoms with van der Waals surface area (Å²) in [7, 11) is 0. The molecule has 0 fully saturated rings. The molecule has 1 heterocycles. The molecule has 2 rings (SSSR count). The summed E-state index contributed by atoms with van der Waals surface area (Å²) in [5, 5.41) is 3.25. The highest BCUT2D eigenvalue weighted by Crippen LogP contribution is 2.17. The van der Waals surface area contributed by atoms with Crippen LogP contribution in [0, 0.1) is 10.5 Å². The summed E-state index contributed by atoms with van der Waals surface area (Å²) in [4.78, 5) is 5.03. The predicted molar refractivity (Wildman–Crippen MR) is 86.7 cm³/mol. The van der Waals surface area contributed by atoms with Gasteiger partial charge >= 0.3 is 0 Å². The van der Waals surface area contributed by atoms with Crippen molar-refractivity contribution in [3.8, 4) is 0 Å². The SMILES string of the molecule is Cc1cccc(C(=S)NCc2ccccn2)c1I. The predicted octanol–water partition coefficient (Wildman–Crippen LogP) is 3.46. The van der Waals surface area contributed by atoms with Gasteiger partial charge in [0.15, 0.2) is 0 Å². The molecule has 0 aliphatic carbocycles. The third-order valence-electron chi connectivity index (χ3n) is 2.59. The van der Waals surface area contributed by atoms with E-state index in [1.807, 2.05) is 30.3 Å². The number of aryl methyl sites for hydroxylation is 1. The molecule has 0 unspecified atom stereocenters. The van der Waals surface area contributed by atoms with Gasteiger partial charge in [0.2, 0.25) is 0 Å². The molecule has 18 heavy (non-hydrogen) atoms. The van der Waals surface area contributed by atoms with Gasteiger partial charge in [0.05, 0.1) is 12.2 Å². The Hall–Kier alpha value is -1.01. The fraction of sp³-hybridized carbons (Fsp3) is 0.143. The fourth-order valence-corrected chi connectivity index (χ4v) is 2.65.